The third-order valence-corrected chi connectivity index (χ3v) is 6.15. The van der Waals surface area contributed by atoms with Crippen LogP contribution in [0.15, 0.2) is 53.4 Å². The SMILES string of the molecule is CCOC(=O)CC1CN(S(=O)(=O)c2ccccc2)c2c(OC)cccc21. The summed E-state index contributed by atoms with van der Waals surface area (Å²) in [6.07, 6.45) is 0.120. The lowest BCUT2D eigenvalue weighted by molar-refractivity contribution is -0.143. The maximum atomic E-state index is 13.2. The molecule has 6 nitrogen and oxygen atoms in total. The smallest absolute Gasteiger partial charge is 0.306 e. The minimum absolute atomic E-state index is 0.120. The molecule has 0 aliphatic carbocycles. The van der Waals surface area contributed by atoms with Crippen LogP contribution in [-0.4, -0.2) is 34.6 Å². The molecule has 26 heavy (non-hydrogen) atoms. The Morgan fingerprint density at radius 3 is 2.54 bits per heavy atom. The molecule has 2 aromatic carbocycles. The van der Waals surface area contributed by atoms with Crippen LogP contribution in [0.1, 0.15) is 24.8 Å². The monoisotopic (exact) mass is 375 g/mol. The molecule has 0 aromatic heterocycles. The van der Waals surface area contributed by atoms with Crippen molar-refractivity contribution in [2.24, 2.45) is 0 Å². The second-order valence-electron chi connectivity index (χ2n) is 5.95. The van der Waals surface area contributed by atoms with Gasteiger partial charge in [0.1, 0.15) is 5.75 Å². The molecular formula is C19H21NO5S. The van der Waals surface area contributed by atoms with Gasteiger partial charge in [-0.05, 0) is 30.7 Å². The molecule has 0 saturated heterocycles. The van der Waals surface area contributed by atoms with Crippen molar-refractivity contribution in [3.8, 4) is 5.75 Å². The highest BCUT2D eigenvalue weighted by Gasteiger charge is 2.39. The fourth-order valence-electron chi connectivity index (χ4n) is 3.22. The van der Waals surface area contributed by atoms with Crippen LogP contribution < -0.4 is 9.04 Å². The zero-order valence-electron chi connectivity index (χ0n) is 14.7. The number of esters is 1. The summed E-state index contributed by atoms with van der Waals surface area (Å²) in [5, 5.41) is 0. The Balaban J connectivity index is 2.05. The van der Waals surface area contributed by atoms with E-state index in [1.807, 2.05) is 6.07 Å². The zero-order chi connectivity index (χ0) is 18.7. The van der Waals surface area contributed by atoms with Gasteiger partial charge in [0.05, 0.1) is 30.7 Å². The number of methoxy groups -OCH3 is 1. The van der Waals surface area contributed by atoms with Crippen LogP contribution in [-0.2, 0) is 19.6 Å². The van der Waals surface area contributed by atoms with E-state index in [0.29, 0.717) is 18.0 Å². The van der Waals surface area contributed by atoms with E-state index in [-0.39, 0.29) is 29.7 Å². The van der Waals surface area contributed by atoms with Crippen molar-refractivity contribution < 1.29 is 22.7 Å². The molecule has 1 atom stereocenters. The first-order valence-corrected chi connectivity index (χ1v) is 9.83. The maximum absolute atomic E-state index is 13.2. The molecule has 0 radical (unpaired) electrons. The van der Waals surface area contributed by atoms with Crippen molar-refractivity contribution in [2.75, 3.05) is 24.6 Å². The van der Waals surface area contributed by atoms with Gasteiger partial charge in [-0.3, -0.25) is 9.10 Å². The molecule has 7 heteroatoms. The Bertz CT molecular complexity index is 895. The molecule has 0 saturated carbocycles. The van der Waals surface area contributed by atoms with E-state index >= 15 is 0 Å². The second-order valence-corrected chi connectivity index (χ2v) is 7.82. The highest BCUT2D eigenvalue weighted by Crippen LogP contribution is 2.46. The van der Waals surface area contributed by atoms with Gasteiger partial charge in [0, 0.05) is 12.5 Å². The van der Waals surface area contributed by atoms with Gasteiger partial charge in [0.15, 0.2) is 0 Å². The summed E-state index contributed by atoms with van der Waals surface area (Å²) in [7, 11) is -2.26. The molecule has 0 spiro atoms. The number of anilines is 1. The molecule has 0 N–H and O–H groups in total. The summed E-state index contributed by atoms with van der Waals surface area (Å²) < 4.78 is 38.1. The van der Waals surface area contributed by atoms with Crippen molar-refractivity contribution in [1.82, 2.24) is 0 Å². The molecule has 1 heterocycles. The van der Waals surface area contributed by atoms with Crippen LogP contribution in [0.2, 0.25) is 0 Å². The van der Waals surface area contributed by atoms with E-state index in [2.05, 4.69) is 0 Å². The van der Waals surface area contributed by atoms with Crippen molar-refractivity contribution >= 4 is 21.7 Å². The molecule has 2 aromatic rings. The van der Waals surface area contributed by atoms with E-state index in [0.717, 1.165) is 5.56 Å². The first-order chi connectivity index (χ1) is 12.5. The largest absolute Gasteiger partial charge is 0.495 e. The molecule has 1 aliphatic heterocycles. The van der Waals surface area contributed by atoms with Crippen molar-refractivity contribution in [3.05, 3.63) is 54.1 Å². The molecule has 0 bridgehead atoms. The number of sulfonamides is 1. The van der Waals surface area contributed by atoms with Crippen molar-refractivity contribution in [2.45, 2.75) is 24.2 Å². The van der Waals surface area contributed by atoms with Crippen LogP contribution >= 0.6 is 0 Å². The third kappa shape index (κ3) is 3.26. The Morgan fingerprint density at radius 1 is 1.15 bits per heavy atom. The minimum atomic E-state index is -3.76. The molecule has 138 valence electrons. The Labute approximate surface area is 153 Å². The maximum Gasteiger partial charge on any atom is 0.306 e. The lowest BCUT2D eigenvalue weighted by Gasteiger charge is -2.21. The number of fused-ring (bicyclic) bond motifs is 1. The number of carbonyl (C=O) groups is 1. The van der Waals surface area contributed by atoms with E-state index in [4.69, 9.17) is 9.47 Å². The average Bonchev–Trinajstić information content (AvgIpc) is 3.02. The number of carbonyl (C=O) groups excluding carboxylic acids is 1. The first kappa shape index (κ1) is 18.3. The summed E-state index contributed by atoms with van der Waals surface area (Å²) in [4.78, 5) is 12.2. The molecule has 0 fully saturated rings. The standard InChI is InChI=1S/C19H21NO5S/c1-3-25-18(21)12-14-13-20(19-16(14)10-7-11-17(19)24-2)26(22,23)15-8-5-4-6-9-15/h4-11,14H,3,12-13H2,1-2H3. The highest BCUT2D eigenvalue weighted by atomic mass is 32.2. The van der Waals surface area contributed by atoms with E-state index in [1.54, 1.807) is 49.4 Å². The number of hydrogen-bond acceptors (Lipinski definition) is 5. The van der Waals surface area contributed by atoms with Crippen LogP contribution in [0.4, 0.5) is 5.69 Å². The lowest BCUT2D eigenvalue weighted by atomic mass is 9.98. The van der Waals surface area contributed by atoms with Gasteiger partial charge >= 0.3 is 5.97 Å². The number of ether oxygens (including phenoxy) is 2. The fraction of sp³-hybridized carbons (Fsp3) is 0.316. The van der Waals surface area contributed by atoms with Crippen LogP contribution in [0.25, 0.3) is 0 Å². The average molecular weight is 375 g/mol. The predicted molar refractivity (Wildman–Crippen MR) is 98.0 cm³/mol. The Kier molecular flexibility index (Phi) is 5.18. The summed E-state index contributed by atoms with van der Waals surface area (Å²) >= 11 is 0. The number of rotatable bonds is 6. The number of hydrogen-bond donors (Lipinski definition) is 0. The van der Waals surface area contributed by atoms with Gasteiger partial charge < -0.3 is 9.47 Å². The third-order valence-electron chi connectivity index (χ3n) is 4.38. The van der Waals surface area contributed by atoms with Gasteiger partial charge in [-0.25, -0.2) is 8.42 Å². The highest BCUT2D eigenvalue weighted by molar-refractivity contribution is 7.92. The molecule has 1 unspecified atom stereocenters. The van der Waals surface area contributed by atoms with Crippen LogP contribution in [0.3, 0.4) is 0 Å². The van der Waals surface area contributed by atoms with E-state index < -0.39 is 10.0 Å². The lowest BCUT2D eigenvalue weighted by Crippen LogP contribution is -2.30. The van der Waals surface area contributed by atoms with Crippen molar-refractivity contribution in [3.63, 3.8) is 0 Å². The summed E-state index contributed by atoms with van der Waals surface area (Å²) in [6.45, 7) is 2.21. The molecule has 1 aliphatic rings. The second kappa shape index (κ2) is 7.37. The first-order valence-electron chi connectivity index (χ1n) is 8.39. The predicted octanol–water partition coefficient (Wildman–Crippen LogP) is 2.94. The molecular weight excluding hydrogens is 354 g/mol. The number of para-hydroxylation sites is 1. The van der Waals surface area contributed by atoms with Crippen LogP contribution in [0.5, 0.6) is 5.75 Å². The quantitative estimate of drug-likeness (QED) is 0.726. The molecule has 0 amide bonds. The Morgan fingerprint density at radius 2 is 1.88 bits per heavy atom. The van der Waals surface area contributed by atoms with Gasteiger partial charge in [-0.15, -0.1) is 0 Å². The normalized spacial score (nSPS) is 16.2. The minimum Gasteiger partial charge on any atom is -0.495 e. The summed E-state index contributed by atoms with van der Waals surface area (Å²) in [5.41, 5.74) is 1.27. The number of nitrogens with zero attached hydrogens (tertiary/aromatic N) is 1. The van der Waals surface area contributed by atoms with E-state index in [1.165, 1.54) is 11.4 Å². The Hall–Kier alpha value is -2.54. The van der Waals surface area contributed by atoms with Gasteiger partial charge in [-0.1, -0.05) is 30.3 Å². The fourth-order valence-corrected chi connectivity index (χ4v) is 4.79. The van der Waals surface area contributed by atoms with Crippen LogP contribution in [0, 0.1) is 0 Å². The van der Waals surface area contributed by atoms with Gasteiger partial charge in [0.25, 0.3) is 10.0 Å². The van der Waals surface area contributed by atoms with E-state index in [9.17, 15) is 13.2 Å². The number of benzene rings is 2. The van der Waals surface area contributed by atoms with Gasteiger partial charge in [-0.2, -0.15) is 0 Å². The van der Waals surface area contributed by atoms with Crippen molar-refractivity contribution in [1.29, 1.82) is 0 Å². The summed E-state index contributed by atoms with van der Waals surface area (Å²) in [5.74, 6) is -0.156. The summed E-state index contributed by atoms with van der Waals surface area (Å²) in [6, 6.07) is 13.6. The zero-order valence-corrected chi connectivity index (χ0v) is 15.5. The topological polar surface area (TPSA) is 72.9 Å². The van der Waals surface area contributed by atoms with Gasteiger partial charge in [0.2, 0.25) is 0 Å². The molecule has 3 rings (SSSR count).